The molecule has 6 rings (SSSR count). The van der Waals surface area contributed by atoms with Gasteiger partial charge in [0.1, 0.15) is 5.75 Å². The normalized spacial score (nSPS) is 13.9. The van der Waals surface area contributed by atoms with E-state index < -0.39 is 23.0 Å². The van der Waals surface area contributed by atoms with Crippen LogP contribution in [0, 0.1) is 11.6 Å². The van der Waals surface area contributed by atoms with Crippen molar-refractivity contribution in [3.63, 3.8) is 0 Å². The van der Waals surface area contributed by atoms with E-state index in [1.54, 1.807) is 25.5 Å². The fourth-order valence-corrected chi connectivity index (χ4v) is 5.45. The Balaban J connectivity index is 1.36. The van der Waals surface area contributed by atoms with E-state index in [2.05, 4.69) is 10.2 Å². The molecular weight excluding hydrogens is 550 g/mol. The van der Waals surface area contributed by atoms with Gasteiger partial charge in [-0.1, -0.05) is 29.8 Å². The first-order valence-electron chi connectivity index (χ1n) is 13.4. The maximum absolute atomic E-state index is 14.6. The largest absolute Gasteiger partial charge is 0.497 e. The summed E-state index contributed by atoms with van der Waals surface area (Å²) in [6.07, 6.45) is 4.82. The lowest BCUT2D eigenvalue weighted by Gasteiger charge is -2.33. The number of methoxy groups -OCH3 is 1. The zero-order chi connectivity index (χ0) is 28.9. The van der Waals surface area contributed by atoms with Gasteiger partial charge in [0.15, 0.2) is 40.5 Å². The third-order valence-corrected chi connectivity index (χ3v) is 7.84. The number of hydrogen-bond acceptors (Lipinski definition) is 5. The number of nitrogens with zero attached hydrogens (tertiary/aromatic N) is 4. The molecule has 1 fully saturated rings. The van der Waals surface area contributed by atoms with Crippen molar-refractivity contribution in [3.8, 4) is 28.8 Å². The van der Waals surface area contributed by atoms with Crippen LogP contribution in [0.5, 0.6) is 17.4 Å². The van der Waals surface area contributed by atoms with Crippen LogP contribution < -0.4 is 9.47 Å². The van der Waals surface area contributed by atoms with Crippen molar-refractivity contribution < 1.29 is 23.4 Å². The molecule has 3 aromatic carbocycles. The molecule has 0 atom stereocenters. The molecule has 2 heterocycles. The van der Waals surface area contributed by atoms with Gasteiger partial charge in [0.2, 0.25) is 0 Å². The average molecular weight is 579 g/mol. The predicted molar refractivity (Wildman–Crippen MR) is 153 cm³/mol. The van der Waals surface area contributed by atoms with Crippen molar-refractivity contribution in [3.05, 3.63) is 88.8 Å². The van der Waals surface area contributed by atoms with Crippen LogP contribution in [-0.2, 0) is 12.1 Å². The highest BCUT2D eigenvalue weighted by Crippen LogP contribution is 2.41. The Morgan fingerprint density at radius 1 is 1.02 bits per heavy atom. The summed E-state index contributed by atoms with van der Waals surface area (Å²) in [5.41, 5.74) is 0.622. The fourth-order valence-electron chi connectivity index (χ4n) is 5.26. The zero-order valence-electron chi connectivity index (χ0n) is 22.9. The molecule has 10 heteroatoms. The Kier molecular flexibility index (Phi) is 6.85. The van der Waals surface area contributed by atoms with Crippen LogP contribution in [0.25, 0.3) is 22.2 Å². The predicted octanol–water partition coefficient (Wildman–Crippen LogP) is 7.63. The highest BCUT2D eigenvalue weighted by atomic mass is 35.5. The molecule has 0 radical (unpaired) electrons. The van der Waals surface area contributed by atoms with Crippen molar-refractivity contribution in [2.45, 2.75) is 51.3 Å². The van der Waals surface area contributed by atoms with E-state index in [-0.39, 0.29) is 16.9 Å². The Hall–Kier alpha value is -4.11. The van der Waals surface area contributed by atoms with Gasteiger partial charge in [0, 0.05) is 33.6 Å². The van der Waals surface area contributed by atoms with Gasteiger partial charge in [-0.25, -0.2) is 8.78 Å². The van der Waals surface area contributed by atoms with Gasteiger partial charge < -0.3 is 23.7 Å². The van der Waals surface area contributed by atoms with Crippen molar-refractivity contribution >= 4 is 22.4 Å². The van der Waals surface area contributed by atoms with Crippen LogP contribution in [0.1, 0.15) is 50.5 Å². The molecule has 5 aromatic rings. The van der Waals surface area contributed by atoms with E-state index in [4.69, 9.17) is 21.1 Å². The van der Waals surface area contributed by atoms with E-state index >= 15 is 0 Å². The molecule has 0 amide bonds. The number of aromatic nitrogens is 4. The standard InChI is InChI=1S/C31H29ClF2N4O3/c1-31(2,41-27-25(33)14-21(32)15-26(27)34)30-36-35-28(38(30)22-5-4-6-22)19-9-12-24-20(13-19)17-37(29(24)39)16-18-7-10-23(40-3)11-8-18/h7-15,17,22,39H,4-6,16H2,1-3H3. The first-order chi connectivity index (χ1) is 19.6. The molecule has 0 bridgehead atoms. The maximum atomic E-state index is 14.6. The van der Waals surface area contributed by atoms with Gasteiger partial charge in [-0.15, -0.1) is 10.2 Å². The Morgan fingerprint density at radius 3 is 2.37 bits per heavy atom. The van der Waals surface area contributed by atoms with Crippen LogP contribution in [0.2, 0.25) is 5.02 Å². The van der Waals surface area contributed by atoms with E-state index in [9.17, 15) is 13.9 Å². The summed E-state index contributed by atoms with van der Waals surface area (Å²) < 4.78 is 44.1. The first kappa shape index (κ1) is 27.1. The Labute approximate surface area is 240 Å². The van der Waals surface area contributed by atoms with Crippen LogP contribution >= 0.6 is 11.6 Å². The number of rotatable bonds is 8. The summed E-state index contributed by atoms with van der Waals surface area (Å²) in [6, 6.07) is 15.6. The molecule has 1 saturated carbocycles. The molecule has 41 heavy (non-hydrogen) atoms. The van der Waals surface area contributed by atoms with Gasteiger partial charge in [-0.2, -0.15) is 0 Å². The summed E-state index contributed by atoms with van der Waals surface area (Å²) in [4.78, 5) is 0. The lowest BCUT2D eigenvalue weighted by molar-refractivity contribution is 0.0778. The van der Waals surface area contributed by atoms with Crippen LogP contribution in [0.4, 0.5) is 8.78 Å². The molecule has 0 spiro atoms. The summed E-state index contributed by atoms with van der Waals surface area (Å²) >= 11 is 5.80. The van der Waals surface area contributed by atoms with Crippen molar-refractivity contribution in [2.24, 2.45) is 0 Å². The molecule has 0 aliphatic heterocycles. The maximum Gasteiger partial charge on any atom is 0.199 e. The average Bonchev–Trinajstić information content (AvgIpc) is 3.47. The molecule has 212 valence electrons. The summed E-state index contributed by atoms with van der Waals surface area (Å²) in [6.45, 7) is 3.92. The second kappa shape index (κ2) is 10.4. The lowest BCUT2D eigenvalue weighted by Crippen LogP contribution is -2.33. The third-order valence-electron chi connectivity index (χ3n) is 7.62. The second-order valence-electron chi connectivity index (χ2n) is 10.8. The van der Waals surface area contributed by atoms with Crippen molar-refractivity contribution in [1.82, 2.24) is 19.3 Å². The second-order valence-corrected chi connectivity index (χ2v) is 11.3. The molecule has 0 unspecified atom stereocenters. The Bertz CT molecular complexity index is 1720. The van der Waals surface area contributed by atoms with Crippen molar-refractivity contribution in [2.75, 3.05) is 7.11 Å². The molecule has 2 aromatic heterocycles. The lowest BCUT2D eigenvalue weighted by atomic mass is 9.91. The number of hydrogen-bond donors (Lipinski definition) is 1. The van der Waals surface area contributed by atoms with E-state index in [0.29, 0.717) is 18.2 Å². The number of ether oxygens (including phenoxy) is 2. The van der Waals surface area contributed by atoms with E-state index in [1.165, 1.54) is 0 Å². The molecule has 1 N–H and O–H groups in total. The smallest absolute Gasteiger partial charge is 0.199 e. The minimum atomic E-state index is -1.21. The van der Waals surface area contributed by atoms with Crippen molar-refractivity contribution in [1.29, 1.82) is 0 Å². The fraction of sp³-hybridized carbons (Fsp3) is 0.290. The summed E-state index contributed by atoms with van der Waals surface area (Å²) in [7, 11) is 1.62. The van der Waals surface area contributed by atoms with Crippen LogP contribution in [0.15, 0.2) is 60.8 Å². The molecule has 0 saturated heterocycles. The van der Waals surface area contributed by atoms with Gasteiger partial charge in [-0.3, -0.25) is 0 Å². The SMILES string of the molecule is COc1ccc(Cn2cc3cc(-c4nnc(C(C)(C)Oc5c(F)cc(Cl)cc5F)n4C4CCC4)ccc3c2O)cc1. The number of halogens is 3. The number of fused-ring (bicyclic) bond motifs is 1. The van der Waals surface area contributed by atoms with Crippen LogP contribution in [-0.4, -0.2) is 31.5 Å². The number of aromatic hydroxyl groups is 1. The van der Waals surface area contributed by atoms with E-state index in [0.717, 1.165) is 59.0 Å². The minimum absolute atomic E-state index is 0.0515. The van der Waals surface area contributed by atoms with Gasteiger partial charge in [0.25, 0.3) is 0 Å². The Morgan fingerprint density at radius 2 is 1.73 bits per heavy atom. The first-order valence-corrected chi connectivity index (χ1v) is 13.8. The topological polar surface area (TPSA) is 74.3 Å². The van der Waals surface area contributed by atoms with Gasteiger partial charge in [-0.05, 0) is 75.1 Å². The molecule has 7 nitrogen and oxygen atoms in total. The minimum Gasteiger partial charge on any atom is -0.497 e. The third kappa shape index (κ3) is 4.99. The highest BCUT2D eigenvalue weighted by molar-refractivity contribution is 6.30. The number of benzene rings is 3. The van der Waals surface area contributed by atoms with Gasteiger partial charge in [0.05, 0.1) is 13.7 Å². The highest BCUT2D eigenvalue weighted by Gasteiger charge is 2.37. The quantitative estimate of drug-likeness (QED) is 0.205. The van der Waals surface area contributed by atoms with E-state index in [1.807, 2.05) is 53.2 Å². The monoisotopic (exact) mass is 578 g/mol. The summed E-state index contributed by atoms with van der Waals surface area (Å²) in [5.74, 6) is -0.255. The van der Waals surface area contributed by atoms with Crippen LogP contribution in [0.3, 0.4) is 0 Å². The zero-order valence-corrected chi connectivity index (χ0v) is 23.6. The van der Waals surface area contributed by atoms with Gasteiger partial charge >= 0.3 is 0 Å². The molecular formula is C31H29ClF2N4O3. The molecule has 1 aliphatic carbocycles. The summed E-state index contributed by atoms with van der Waals surface area (Å²) in [5, 5.41) is 21.4. The molecule has 1 aliphatic rings.